The summed E-state index contributed by atoms with van der Waals surface area (Å²) in [6, 6.07) is 1.08. The second kappa shape index (κ2) is 14.4. The summed E-state index contributed by atoms with van der Waals surface area (Å²) in [4.78, 5) is 0. The topological polar surface area (TPSA) is 49.5 Å². The summed E-state index contributed by atoms with van der Waals surface area (Å²) in [5, 5.41) is 0. The summed E-state index contributed by atoms with van der Waals surface area (Å²) in [7, 11) is -6.55. The molecule has 230 valence electrons. The van der Waals surface area contributed by atoms with Crippen molar-refractivity contribution >= 4 is 34.7 Å². The van der Waals surface area contributed by atoms with E-state index in [-0.39, 0.29) is 14.9 Å². The van der Waals surface area contributed by atoms with E-state index in [0.717, 1.165) is 23.0 Å². The fraction of sp³-hybridized carbons (Fsp3) is 1.00. The molecule has 5 aliphatic rings. The summed E-state index contributed by atoms with van der Waals surface area (Å²) in [6.07, 6.45) is 22.6. The van der Waals surface area contributed by atoms with Crippen LogP contribution < -0.4 is 0 Å². The van der Waals surface area contributed by atoms with E-state index in [1.54, 1.807) is 0 Å². The van der Waals surface area contributed by atoms with Gasteiger partial charge in [-0.1, -0.05) is 79.1 Å². The molecule has 0 radical (unpaired) electrons. The molecule has 0 amide bonds. The smallest absolute Gasteiger partial charge is 0.325 e. The van der Waals surface area contributed by atoms with Crippen LogP contribution in [0.2, 0.25) is 48.9 Å². The molecule has 0 N–H and O–H groups in total. The van der Waals surface area contributed by atoms with Crippen molar-refractivity contribution in [3.05, 3.63) is 0 Å². The molecule has 9 heteroatoms. The van der Waals surface area contributed by atoms with E-state index in [1.165, 1.54) is 103 Å². The normalized spacial score (nSPS) is 31.4. The van der Waals surface area contributed by atoms with Crippen molar-refractivity contribution in [2.45, 2.75) is 179 Å². The van der Waals surface area contributed by atoms with Gasteiger partial charge in [0, 0.05) is 12.7 Å². The van der Waals surface area contributed by atoms with Crippen LogP contribution in [-0.2, 0) is 21.5 Å². The standard InChI is InChI=1S/C28H56O5Si4.2CH4/c1-29-36(4,21-20-23-18-19-27-28(22-23)30-27)33-37(5,26-16-10-11-17-26)32-35(2,3)31-34(24-12-6-7-13-24)25-14-8-9-15-25;;/h23-28,34H,6-22H2,1-5H3;2*1H4. The fourth-order valence-electron chi connectivity index (χ4n) is 8.47. The van der Waals surface area contributed by atoms with Gasteiger partial charge in [0.05, 0.1) is 12.2 Å². The van der Waals surface area contributed by atoms with Gasteiger partial charge >= 0.3 is 25.7 Å². The SMILES string of the molecule is C.C.CO[Si](C)(CCC1CCC2OC2C1)O[Si](C)(O[Si](C)(C)O[SiH](C1CCCC1)C1CCCC1)C1CCCC1. The Bertz CT molecular complexity index is 725. The lowest BCUT2D eigenvalue weighted by atomic mass is 9.88. The van der Waals surface area contributed by atoms with Crippen LogP contribution in [0.25, 0.3) is 0 Å². The van der Waals surface area contributed by atoms with Gasteiger partial charge in [0.25, 0.3) is 0 Å². The highest BCUT2D eigenvalue weighted by molar-refractivity contribution is 6.87. The highest BCUT2D eigenvalue weighted by Gasteiger charge is 2.53. The number of fused-ring (bicyclic) bond motifs is 1. The Kier molecular flexibility index (Phi) is 12.6. The zero-order chi connectivity index (χ0) is 26.1. The molecular formula is C30H64O5Si4. The van der Waals surface area contributed by atoms with Crippen molar-refractivity contribution in [1.29, 1.82) is 0 Å². The predicted molar refractivity (Wildman–Crippen MR) is 174 cm³/mol. The minimum Gasteiger partial charge on any atom is -0.438 e. The maximum Gasteiger partial charge on any atom is 0.325 e. The Hall–Kier alpha value is 0.668. The van der Waals surface area contributed by atoms with Crippen molar-refractivity contribution in [3.63, 3.8) is 0 Å². The van der Waals surface area contributed by atoms with Crippen molar-refractivity contribution in [1.82, 2.24) is 0 Å². The molecule has 0 aromatic carbocycles. The van der Waals surface area contributed by atoms with Gasteiger partial charge in [-0.15, -0.1) is 0 Å². The van der Waals surface area contributed by atoms with E-state index in [0.29, 0.717) is 17.7 Å². The van der Waals surface area contributed by atoms with Gasteiger partial charge in [0.15, 0.2) is 9.04 Å². The van der Waals surface area contributed by atoms with Gasteiger partial charge in [-0.25, -0.2) is 0 Å². The molecule has 0 bridgehead atoms. The monoisotopic (exact) mass is 616 g/mol. The van der Waals surface area contributed by atoms with E-state index in [9.17, 15) is 0 Å². The maximum atomic E-state index is 7.37. The number of hydrogen-bond donors (Lipinski definition) is 0. The van der Waals surface area contributed by atoms with Crippen LogP contribution in [-0.4, -0.2) is 54.0 Å². The molecule has 0 spiro atoms. The molecular weight excluding hydrogens is 553 g/mol. The third-order valence-electron chi connectivity index (χ3n) is 10.7. The first kappa shape index (κ1) is 34.2. The number of epoxide rings is 1. The van der Waals surface area contributed by atoms with Gasteiger partial charge in [-0.3, -0.25) is 0 Å². The minimum absolute atomic E-state index is 0. The van der Waals surface area contributed by atoms with Crippen molar-refractivity contribution < 1.29 is 21.5 Å². The average molecular weight is 617 g/mol. The molecule has 1 aliphatic heterocycles. The van der Waals surface area contributed by atoms with Crippen molar-refractivity contribution in [2.75, 3.05) is 7.11 Å². The molecule has 4 aliphatic carbocycles. The average Bonchev–Trinajstić information content (AvgIpc) is 3.39. The summed E-state index contributed by atoms with van der Waals surface area (Å²) >= 11 is 0. The summed E-state index contributed by atoms with van der Waals surface area (Å²) in [6.45, 7) is 9.44. The van der Waals surface area contributed by atoms with Crippen LogP contribution in [0.1, 0.15) is 118 Å². The van der Waals surface area contributed by atoms with Crippen molar-refractivity contribution in [3.8, 4) is 0 Å². The van der Waals surface area contributed by atoms with E-state index in [1.807, 2.05) is 7.11 Å². The third-order valence-corrected chi connectivity index (χ3v) is 28.3. The van der Waals surface area contributed by atoms with E-state index >= 15 is 0 Å². The Morgan fingerprint density at radius 1 is 0.718 bits per heavy atom. The molecule has 1 saturated heterocycles. The predicted octanol–water partition coefficient (Wildman–Crippen LogP) is 9.31. The second-order valence-electron chi connectivity index (χ2n) is 14.0. The van der Waals surface area contributed by atoms with Gasteiger partial charge in [-0.2, -0.15) is 0 Å². The zero-order valence-electron chi connectivity index (χ0n) is 24.6. The Morgan fingerprint density at radius 3 is 1.82 bits per heavy atom. The van der Waals surface area contributed by atoms with E-state index in [4.69, 9.17) is 21.5 Å². The second-order valence-corrected chi connectivity index (χ2v) is 28.3. The maximum absolute atomic E-state index is 7.37. The van der Waals surface area contributed by atoms with Gasteiger partial charge in [0.1, 0.15) is 0 Å². The molecule has 5 nitrogen and oxygen atoms in total. The van der Waals surface area contributed by atoms with Crippen LogP contribution in [0.4, 0.5) is 0 Å². The minimum atomic E-state index is -2.48. The van der Waals surface area contributed by atoms with Gasteiger partial charge < -0.3 is 21.5 Å². The Balaban J connectivity index is 0.00000210. The van der Waals surface area contributed by atoms with Crippen LogP contribution >= 0.6 is 0 Å². The Labute approximate surface area is 247 Å². The first-order chi connectivity index (χ1) is 17.7. The zero-order valence-corrected chi connectivity index (χ0v) is 28.8. The number of ether oxygens (including phenoxy) is 1. The van der Waals surface area contributed by atoms with Gasteiger partial charge in [-0.05, 0) is 87.8 Å². The largest absolute Gasteiger partial charge is 0.438 e. The molecule has 5 rings (SSSR count). The molecule has 4 saturated carbocycles. The number of rotatable bonds is 13. The van der Waals surface area contributed by atoms with Crippen LogP contribution in [0, 0.1) is 5.92 Å². The molecule has 39 heavy (non-hydrogen) atoms. The van der Waals surface area contributed by atoms with Crippen LogP contribution in [0.5, 0.6) is 0 Å². The molecule has 0 aromatic heterocycles. The lowest BCUT2D eigenvalue weighted by Gasteiger charge is -2.45. The summed E-state index contributed by atoms with van der Waals surface area (Å²) in [5.74, 6) is 0.772. The molecule has 5 fully saturated rings. The quantitative estimate of drug-likeness (QED) is 0.152. The Morgan fingerprint density at radius 2 is 1.28 bits per heavy atom. The van der Waals surface area contributed by atoms with Crippen LogP contribution in [0.3, 0.4) is 0 Å². The van der Waals surface area contributed by atoms with E-state index in [2.05, 4.69) is 26.2 Å². The summed E-state index contributed by atoms with van der Waals surface area (Å²) in [5.41, 5.74) is 2.34. The molecule has 1 heterocycles. The number of hydrogen-bond acceptors (Lipinski definition) is 5. The first-order valence-corrected chi connectivity index (χ1v) is 25.5. The molecule has 5 atom stereocenters. The molecule has 5 unspecified atom stereocenters. The van der Waals surface area contributed by atoms with Gasteiger partial charge in [0.2, 0.25) is 0 Å². The first-order valence-electron chi connectivity index (χ1n) is 16.0. The summed E-state index contributed by atoms with van der Waals surface area (Å²) < 4.78 is 34.2. The van der Waals surface area contributed by atoms with E-state index < -0.39 is 34.7 Å². The lowest BCUT2D eigenvalue weighted by molar-refractivity contribution is 0.241. The fourth-order valence-corrected chi connectivity index (χ4v) is 28.8. The lowest BCUT2D eigenvalue weighted by Crippen LogP contribution is -2.60. The van der Waals surface area contributed by atoms with Crippen LogP contribution in [0.15, 0.2) is 0 Å². The third kappa shape index (κ3) is 8.84. The molecule has 0 aromatic rings. The highest BCUT2D eigenvalue weighted by atomic mass is 28.5. The highest BCUT2D eigenvalue weighted by Crippen LogP contribution is 2.47. The van der Waals surface area contributed by atoms with Crippen molar-refractivity contribution in [2.24, 2.45) is 5.92 Å².